The first kappa shape index (κ1) is 83.6. The van der Waals surface area contributed by atoms with E-state index in [-0.39, 0.29) is 55.3 Å². The minimum atomic E-state index is -1.63. The molecule has 25 heteroatoms. The van der Waals surface area contributed by atoms with Gasteiger partial charge in [0.25, 0.3) is 0 Å². The summed E-state index contributed by atoms with van der Waals surface area (Å²) < 4.78 is 10.4. The molecule has 14 atom stereocenters. The van der Waals surface area contributed by atoms with Crippen molar-refractivity contribution >= 4 is 65.2 Å². The monoisotopic (exact) mass is 1280 g/mol. The number of carbonyl (C=O) groups is 11. The van der Waals surface area contributed by atoms with Gasteiger partial charge in [-0.25, -0.2) is 9.59 Å². The van der Waals surface area contributed by atoms with Crippen LogP contribution in [0.3, 0.4) is 0 Å². The van der Waals surface area contributed by atoms with Crippen LogP contribution in [0.4, 0.5) is 4.79 Å². The third-order valence-corrected chi connectivity index (χ3v) is 15.9. The van der Waals surface area contributed by atoms with Crippen molar-refractivity contribution in [2.75, 3.05) is 42.3 Å². The normalized spacial score (nSPS) is 16.6. The minimum Gasteiger partial charge on any atom is -0.467 e. The zero-order valence-electron chi connectivity index (χ0n) is 59.3. The molecule has 0 rings (SSSR count). The average Bonchev–Trinajstić information content (AvgIpc) is 0.865. The molecule has 0 bridgehead atoms. The number of hydrogen-bond donors (Lipinski definition) is 7. The van der Waals surface area contributed by atoms with E-state index in [1.807, 2.05) is 69.2 Å². The van der Waals surface area contributed by atoms with Crippen LogP contribution in [0, 0.1) is 41.4 Å². The summed E-state index contributed by atoms with van der Waals surface area (Å²) in [7, 11) is 8.09. The van der Waals surface area contributed by atoms with Gasteiger partial charge in [0.05, 0.1) is 19.3 Å². The van der Waals surface area contributed by atoms with E-state index in [1.54, 1.807) is 60.6 Å². The lowest BCUT2D eigenvalue weighted by atomic mass is 9.91. The van der Waals surface area contributed by atoms with Gasteiger partial charge >= 0.3 is 12.1 Å². The summed E-state index contributed by atoms with van der Waals surface area (Å²) in [6.45, 7) is 34.6. The van der Waals surface area contributed by atoms with Gasteiger partial charge in [0.1, 0.15) is 60.0 Å². The van der Waals surface area contributed by atoms with Crippen LogP contribution in [0.2, 0.25) is 0 Å². The number of nitrogens with zero attached hydrogens (tertiary/aromatic N) is 5. The molecule has 10 amide bonds. The molecule has 7 N–H and O–H groups in total. The third-order valence-electron chi connectivity index (χ3n) is 15.9. The zero-order valence-corrected chi connectivity index (χ0v) is 59.3. The van der Waals surface area contributed by atoms with E-state index in [9.17, 15) is 63.0 Å². The van der Waals surface area contributed by atoms with Crippen molar-refractivity contribution < 1.29 is 72.4 Å². The quantitative estimate of drug-likeness (QED) is 0.0338. The third kappa shape index (κ3) is 26.1. The first-order valence-electron chi connectivity index (χ1n) is 31.9. The second-order valence-electron chi connectivity index (χ2n) is 27.5. The topological polar surface area (TPSA) is 323 Å². The second kappa shape index (κ2) is 38.5. The summed E-state index contributed by atoms with van der Waals surface area (Å²) in [5.74, 6) is -9.38. The lowest BCUT2D eigenvalue weighted by Crippen LogP contribution is -2.63. The summed E-state index contributed by atoms with van der Waals surface area (Å²) in [4.78, 5) is 161. The predicted molar refractivity (Wildman–Crippen MR) is 345 cm³/mol. The van der Waals surface area contributed by atoms with Crippen LogP contribution >= 0.6 is 0 Å². The summed E-state index contributed by atoms with van der Waals surface area (Å²) >= 11 is 0. The van der Waals surface area contributed by atoms with Crippen LogP contribution in [0.1, 0.15) is 177 Å². The molecule has 0 aromatic heterocycles. The Balaban J connectivity index is 6.89. The molecule has 1 unspecified atom stereocenters. The largest absolute Gasteiger partial charge is 0.467 e. The maximum Gasteiger partial charge on any atom is 0.410 e. The lowest BCUT2D eigenvalue weighted by Gasteiger charge is -2.40. The van der Waals surface area contributed by atoms with Crippen LogP contribution in [0.15, 0.2) is 12.2 Å². The molecule has 0 saturated carbocycles. The number of hydrogen-bond acceptors (Lipinski definition) is 15. The fraction of sp³-hybridized carbons (Fsp3) is 0.800. The highest BCUT2D eigenvalue weighted by atomic mass is 16.6. The number of methoxy groups -OCH3 is 1. The Bertz CT molecular complexity index is 2410. The number of nitrogens with one attached hydrogen (secondary N) is 5. The molecule has 0 aliphatic heterocycles. The Kier molecular flexibility index (Phi) is 35.8. The van der Waals surface area contributed by atoms with E-state index < -0.39 is 155 Å². The molecule has 0 aliphatic carbocycles. The van der Waals surface area contributed by atoms with Crippen LogP contribution in [-0.2, 0) is 57.4 Å². The van der Waals surface area contributed by atoms with E-state index in [0.29, 0.717) is 12.8 Å². The second-order valence-corrected chi connectivity index (χ2v) is 27.5. The number of carbonyl (C=O) groups excluding carboxylic acids is 11. The van der Waals surface area contributed by atoms with Crippen LogP contribution < -0.4 is 26.6 Å². The summed E-state index contributed by atoms with van der Waals surface area (Å²) in [6, 6.07) is -12.6. The van der Waals surface area contributed by atoms with Crippen LogP contribution in [0.5, 0.6) is 0 Å². The van der Waals surface area contributed by atoms with Crippen molar-refractivity contribution in [2.24, 2.45) is 41.4 Å². The zero-order chi connectivity index (χ0) is 70.3. The van der Waals surface area contributed by atoms with Crippen molar-refractivity contribution in [1.29, 1.82) is 0 Å². The molecule has 0 saturated heterocycles. The van der Waals surface area contributed by atoms with Crippen molar-refractivity contribution in [3.63, 3.8) is 0 Å². The highest BCUT2D eigenvalue weighted by molar-refractivity contribution is 5.99. The standard InChI is InChI=1S/C65H118N10O15/c1-27-29-30-41(14)53(77)52(58(82)70-49(44(17)76)63(87)89-26)74(24)62(86)50(39(11)12)73(23)61(85)46(32-36(5)6)68-56(80)48(34-38(9)10)71(21)59(83)43(16)67-54(78)42(15)66-55(79)47(33-37(7)8)72(22)60(84)45(31-35(3)4)69-57(81)51(40(13)28-2)75(25)64(88)90-65(18,19)20/h27,29,35-53,76-77H,28,30-34H2,1-26H3,(H,66,79)(H,67,78)(H,68,80)(H,69,81)(H,70,82)/b29-27+/t40?,41-,42+,43-,44-,45+,46+,47+,48+,49+,50+,51+,52+,53-/m1/s1. The predicted octanol–water partition coefficient (Wildman–Crippen LogP) is 4.40. The molecule has 90 heavy (non-hydrogen) atoms. The van der Waals surface area contributed by atoms with Gasteiger partial charge in [0, 0.05) is 35.2 Å². The molecule has 0 fully saturated rings. The molecular formula is C65H118N10O15. The van der Waals surface area contributed by atoms with Crippen LogP contribution in [-0.4, -0.2) is 221 Å². The van der Waals surface area contributed by atoms with Gasteiger partial charge in [-0.1, -0.05) is 109 Å². The van der Waals surface area contributed by atoms with E-state index in [4.69, 9.17) is 9.47 Å². The molecule has 0 heterocycles. The number of likely N-dealkylation sites (N-methyl/N-ethyl adjacent to an activating group) is 5. The van der Waals surface area contributed by atoms with Crippen molar-refractivity contribution in [3.8, 4) is 0 Å². The Morgan fingerprint density at radius 3 is 1.30 bits per heavy atom. The van der Waals surface area contributed by atoms with E-state index in [2.05, 4.69) is 26.6 Å². The van der Waals surface area contributed by atoms with Gasteiger partial charge in [-0.3, -0.25) is 48.1 Å². The van der Waals surface area contributed by atoms with Gasteiger partial charge in [-0.15, -0.1) is 0 Å². The number of allylic oxidation sites excluding steroid dienone is 2. The van der Waals surface area contributed by atoms with E-state index >= 15 is 0 Å². The maximum atomic E-state index is 14.8. The number of amides is 10. The van der Waals surface area contributed by atoms with E-state index in [0.717, 1.165) is 12.0 Å². The van der Waals surface area contributed by atoms with Gasteiger partial charge in [-0.05, 0) is 122 Å². The Morgan fingerprint density at radius 2 is 0.889 bits per heavy atom. The van der Waals surface area contributed by atoms with Gasteiger partial charge in [-0.2, -0.15) is 0 Å². The van der Waals surface area contributed by atoms with Crippen molar-refractivity contribution in [3.05, 3.63) is 12.2 Å². The number of ether oxygens (including phenoxy) is 2. The molecule has 0 aliphatic rings. The highest BCUT2D eigenvalue weighted by Gasteiger charge is 2.45. The Morgan fingerprint density at radius 1 is 0.478 bits per heavy atom. The number of aliphatic hydroxyl groups is 2. The first-order chi connectivity index (χ1) is 41.3. The molecule has 0 aromatic rings. The first-order valence-corrected chi connectivity index (χ1v) is 31.9. The number of esters is 1. The smallest absolute Gasteiger partial charge is 0.410 e. The van der Waals surface area contributed by atoms with Crippen LogP contribution in [0.25, 0.3) is 0 Å². The summed E-state index contributed by atoms with van der Waals surface area (Å²) in [6.07, 6.45) is 1.34. The van der Waals surface area contributed by atoms with Crippen molar-refractivity contribution in [1.82, 2.24) is 51.1 Å². The summed E-state index contributed by atoms with van der Waals surface area (Å²) in [5, 5.41) is 35.6. The molecule has 0 radical (unpaired) electrons. The molecular weight excluding hydrogens is 1160 g/mol. The van der Waals surface area contributed by atoms with E-state index in [1.165, 1.54) is 75.6 Å². The minimum absolute atomic E-state index is 0.0877. The Hall–Kier alpha value is -6.37. The molecule has 518 valence electrons. The molecule has 0 spiro atoms. The highest BCUT2D eigenvalue weighted by Crippen LogP contribution is 2.25. The van der Waals surface area contributed by atoms with Gasteiger partial charge < -0.3 is 65.9 Å². The van der Waals surface area contributed by atoms with Gasteiger partial charge in [0.2, 0.25) is 53.2 Å². The maximum absolute atomic E-state index is 14.8. The molecule has 0 aromatic carbocycles. The number of aliphatic hydroxyl groups excluding tert-OH is 2. The lowest BCUT2D eigenvalue weighted by molar-refractivity contribution is -0.156. The number of rotatable bonds is 36. The molecule has 25 nitrogen and oxygen atoms in total. The van der Waals surface area contributed by atoms with Gasteiger partial charge in [0.15, 0.2) is 6.04 Å². The summed E-state index contributed by atoms with van der Waals surface area (Å²) in [5.41, 5.74) is -0.830. The fourth-order valence-electron chi connectivity index (χ4n) is 10.5. The Labute approximate surface area is 538 Å². The fourth-order valence-corrected chi connectivity index (χ4v) is 10.5. The van der Waals surface area contributed by atoms with Crippen molar-refractivity contribution in [2.45, 2.75) is 255 Å². The average molecular weight is 1280 g/mol. The SMILES string of the molecule is C/C=C/C[C@@H](C)[C@@H](O)[C@@H](C(=O)N[C@H](C(=O)OC)[C@@H](C)O)N(C)C(=O)[C@H](C(C)C)N(C)C(=O)[C@H](CC(C)C)NC(=O)[C@H](CC(C)C)N(C)C(=O)[C@@H](C)NC(=O)[C@H](C)NC(=O)[C@H](CC(C)C)N(C)C(=O)[C@H](CC(C)C)NC(=O)[C@H](C(C)CC)N(C)C(=O)OC(C)(C)C.